The smallest absolute Gasteiger partial charge is 0.311 e. The monoisotopic (exact) mass is 357 g/mol. The number of fused-ring (bicyclic) bond motifs is 1. The van der Waals surface area contributed by atoms with E-state index in [1.807, 2.05) is 17.5 Å². The van der Waals surface area contributed by atoms with E-state index in [1.165, 1.54) is 11.3 Å². The number of aromatic nitrogens is 2. The molecule has 1 saturated carbocycles. The first kappa shape index (κ1) is 16.2. The second kappa shape index (κ2) is 6.22. The average Bonchev–Trinajstić information content (AvgIpc) is 3.29. The Balaban J connectivity index is 1.45. The highest BCUT2D eigenvalue weighted by molar-refractivity contribution is 7.13. The van der Waals surface area contributed by atoms with Crippen molar-refractivity contribution in [2.75, 3.05) is 13.1 Å². The van der Waals surface area contributed by atoms with Crippen molar-refractivity contribution in [3.05, 3.63) is 35.6 Å². The number of hydrogen-bond donors (Lipinski definition) is 1. The van der Waals surface area contributed by atoms with Gasteiger partial charge in [0.15, 0.2) is 0 Å². The summed E-state index contributed by atoms with van der Waals surface area (Å²) in [6, 6.07) is 3.80. The van der Waals surface area contributed by atoms with Crippen molar-refractivity contribution in [2.45, 2.75) is 25.7 Å². The summed E-state index contributed by atoms with van der Waals surface area (Å²) in [5.74, 6) is -0.689. The fourth-order valence-corrected chi connectivity index (χ4v) is 4.92. The molecule has 6 nitrogen and oxygen atoms in total. The number of carbonyl (C=O) groups is 2. The van der Waals surface area contributed by atoms with Gasteiger partial charge in [-0.15, -0.1) is 11.3 Å². The number of carboxylic acid groups (broad SMARTS) is 1. The molecule has 1 amide bonds. The fourth-order valence-electron chi connectivity index (χ4n) is 4.11. The van der Waals surface area contributed by atoms with Gasteiger partial charge < -0.3 is 10.0 Å². The summed E-state index contributed by atoms with van der Waals surface area (Å²) < 4.78 is 0. The number of rotatable bonds is 4. The maximum absolute atomic E-state index is 12.6. The molecule has 3 heterocycles. The molecule has 0 spiro atoms. The first-order chi connectivity index (χ1) is 12.1. The molecular weight excluding hydrogens is 338 g/mol. The highest BCUT2D eigenvalue weighted by Crippen LogP contribution is 2.48. The van der Waals surface area contributed by atoms with Gasteiger partial charge in [0.25, 0.3) is 0 Å². The van der Waals surface area contributed by atoms with Crippen molar-refractivity contribution < 1.29 is 14.7 Å². The van der Waals surface area contributed by atoms with Crippen LogP contribution in [-0.4, -0.2) is 44.9 Å². The van der Waals surface area contributed by atoms with Crippen molar-refractivity contribution in [3.63, 3.8) is 0 Å². The Morgan fingerprint density at radius 2 is 2.32 bits per heavy atom. The van der Waals surface area contributed by atoms with Crippen LogP contribution in [0.5, 0.6) is 0 Å². The third-order valence-electron chi connectivity index (χ3n) is 5.44. The predicted octanol–water partition coefficient (Wildman–Crippen LogP) is 2.46. The van der Waals surface area contributed by atoms with Crippen LogP contribution in [-0.2, 0) is 16.0 Å². The Labute approximate surface area is 149 Å². The van der Waals surface area contributed by atoms with Crippen LogP contribution in [0.15, 0.2) is 29.9 Å². The molecule has 7 heteroatoms. The van der Waals surface area contributed by atoms with Crippen LogP contribution >= 0.6 is 11.3 Å². The van der Waals surface area contributed by atoms with E-state index < -0.39 is 11.4 Å². The summed E-state index contributed by atoms with van der Waals surface area (Å²) >= 11 is 1.49. The molecular formula is C18H19N3O3S. The summed E-state index contributed by atoms with van der Waals surface area (Å²) in [6.45, 7) is 0.899. The third-order valence-corrected chi connectivity index (χ3v) is 6.38. The van der Waals surface area contributed by atoms with Gasteiger partial charge in [-0.2, -0.15) is 0 Å². The number of pyridine rings is 1. The SMILES string of the molecule is O=C(Cc1csc(-c2cccnc2)n1)N1C[C@@H]2CCC[C@]2(C(=O)O)C1. The molecule has 4 rings (SSSR count). The second-order valence-electron chi connectivity index (χ2n) is 6.89. The van der Waals surface area contributed by atoms with E-state index in [-0.39, 0.29) is 18.2 Å². The zero-order valence-electron chi connectivity index (χ0n) is 13.7. The number of thiazole rings is 1. The molecule has 1 aliphatic heterocycles. The zero-order valence-corrected chi connectivity index (χ0v) is 14.5. The molecule has 1 aliphatic carbocycles. The van der Waals surface area contributed by atoms with Gasteiger partial charge in [-0.3, -0.25) is 14.6 Å². The number of nitrogens with zero attached hydrogens (tertiary/aromatic N) is 3. The summed E-state index contributed by atoms with van der Waals surface area (Å²) in [4.78, 5) is 34.7. The van der Waals surface area contributed by atoms with E-state index in [0.29, 0.717) is 19.5 Å². The number of aliphatic carboxylic acids is 1. The van der Waals surface area contributed by atoms with E-state index in [1.54, 1.807) is 17.3 Å². The van der Waals surface area contributed by atoms with Gasteiger partial charge >= 0.3 is 5.97 Å². The van der Waals surface area contributed by atoms with Crippen molar-refractivity contribution >= 4 is 23.2 Å². The maximum Gasteiger partial charge on any atom is 0.311 e. The van der Waals surface area contributed by atoms with Crippen molar-refractivity contribution in [1.29, 1.82) is 0 Å². The Morgan fingerprint density at radius 3 is 3.04 bits per heavy atom. The minimum Gasteiger partial charge on any atom is -0.481 e. The van der Waals surface area contributed by atoms with Crippen molar-refractivity contribution in [3.8, 4) is 10.6 Å². The Bertz CT molecular complexity index is 807. The van der Waals surface area contributed by atoms with Crippen LogP contribution in [0.25, 0.3) is 10.6 Å². The van der Waals surface area contributed by atoms with Crippen molar-refractivity contribution in [2.24, 2.45) is 11.3 Å². The molecule has 0 radical (unpaired) electrons. The molecule has 0 bridgehead atoms. The van der Waals surface area contributed by atoms with Gasteiger partial charge in [-0.1, -0.05) is 6.42 Å². The molecule has 2 fully saturated rings. The van der Waals surface area contributed by atoms with Gasteiger partial charge in [-0.05, 0) is 30.9 Å². The van der Waals surface area contributed by atoms with Gasteiger partial charge in [0, 0.05) is 36.4 Å². The quantitative estimate of drug-likeness (QED) is 0.909. The second-order valence-corrected chi connectivity index (χ2v) is 7.75. The van der Waals surface area contributed by atoms with Crippen LogP contribution < -0.4 is 0 Å². The van der Waals surface area contributed by atoms with Gasteiger partial charge in [-0.25, -0.2) is 4.98 Å². The first-order valence-corrected chi connectivity index (χ1v) is 9.32. The lowest BCUT2D eigenvalue weighted by atomic mass is 9.81. The molecule has 2 aromatic heterocycles. The zero-order chi connectivity index (χ0) is 17.4. The summed E-state index contributed by atoms with van der Waals surface area (Å²) in [5.41, 5.74) is 0.945. The Morgan fingerprint density at radius 1 is 1.44 bits per heavy atom. The average molecular weight is 357 g/mol. The highest BCUT2D eigenvalue weighted by Gasteiger charge is 2.55. The number of hydrogen-bond acceptors (Lipinski definition) is 5. The van der Waals surface area contributed by atoms with Gasteiger partial charge in [0.05, 0.1) is 17.5 Å². The molecule has 1 saturated heterocycles. The van der Waals surface area contributed by atoms with E-state index in [0.717, 1.165) is 29.1 Å². The molecule has 2 atom stereocenters. The lowest BCUT2D eigenvalue weighted by molar-refractivity contribution is -0.149. The third kappa shape index (κ3) is 2.82. The standard InChI is InChI=1S/C18H19N3O3S/c22-15(21-9-13-4-1-5-18(13,11-21)17(23)24)7-14-10-25-16(20-14)12-3-2-6-19-8-12/h2-3,6,8,10,13H,1,4-5,7,9,11H2,(H,23,24)/t13-,18-/m0/s1. The van der Waals surface area contributed by atoms with E-state index >= 15 is 0 Å². The molecule has 0 aromatic carbocycles. The molecule has 2 aliphatic rings. The van der Waals surface area contributed by atoms with E-state index in [2.05, 4.69) is 9.97 Å². The summed E-state index contributed by atoms with van der Waals surface area (Å²) in [6.07, 6.45) is 6.21. The highest BCUT2D eigenvalue weighted by atomic mass is 32.1. The minimum absolute atomic E-state index is 0.0296. The fraction of sp³-hybridized carbons (Fsp3) is 0.444. The van der Waals surface area contributed by atoms with Crippen LogP contribution in [0.2, 0.25) is 0 Å². The van der Waals surface area contributed by atoms with Crippen LogP contribution in [0.3, 0.4) is 0 Å². The molecule has 130 valence electrons. The lowest BCUT2D eigenvalue weighted by Crippen LogP contribution is -2.37. The summed E-state index contributed by atoms with van der Waals surface area (Å²) in [7, 11) is 0. The van der Waals surface area contributed by atoms with Gasteiger partial charge in [0.2, 0.25) is 5.91 Å². The van der Waals surface area contributed by atoms with Crippen LogP contribution in [0.1, 0.15) is 25.0 Å². The topological polar surface area (TPSA) is 83.4 Å². The largest absolute Gasteiger partial charge is 0.481 e. The molecule has 2 aromatic rings. The molecule has 0 unspecified atom stereocenters. The van der Waals surface area contributed by atoms with E-state index in [9.17, 15) is 14.7 Å². The number of amides is 1. The minimum atomic E-state index is -0.752. The van der Waals surface area contributed by atoms with Crippen molar-refractivity contribution in [1.82, 2.24) is 14.9 Å². The van der Waals surface area contributed by atoms with Crippen LogP contribution in [0.4, 0.5) is 0 Å². The molecule has 25 heavy (non-hydrogen) atoms. The summed E-state index contributed by atoms with van der Waals surface area (Å²) in [5, 5.41) is 12.4. The number of carboxylic acids is 1. The number of likely N-dealkylation sites (tertiary alicyclic amines) is 1. The Kier molecular flexibility index (Phi) is 4.03. The maximum atomic E-state index is 12.6. The lowest BCUT2D eigenvalue weighted by Gasteiger charge is -2.23. The van der Waals surface area contributed by atoms with Gasteiger partial charge in [0.1, 0.15) is 5.01 Å². The Hall–Kier alpha value is -2.28. The molecule has 1 N–H and O–H groups in total. The predicted molar refractivity (Wildman–Crippen MR) is 93.0 cm³/mol. The first-order valence-electron chi connectivity index (χ1n) is 8.44. The number of carbonyl (C=O) groups excluding carboxylic acids is 1. The van der Waals surface area contributed by atoms with Crippen LogP contribution in [0, 0.1) is 11.3 Å². The normalized spacial score (nSPS) is 25.1. The van der Waals surface area contributed by atoms with E-state index in [4.69, 9.17) is 0 Å².